The number of esters is 1. The Morgan fingerprint density at radius 3 is 2.41 bits per heavy atom. The van der Waals surface area contributed by atoms with E-state index in [1.807, 2.05) is 13.8 Å². The molecule has 1 heterocycles. The number of thiocarbonyl (C=S) groups is 1. The first-order valence-corrected chi connectivity index (χ1v) is 7.11. The van der Waals surface area contributed by atoms with E-state index in [1.54, 1.807) is 0 Å². The van der Waals surface area contributed by atoms with Crippen molar-refractivity contribution in [2.75, 3.05) is 7.11 Å². The Hall–Kier alpha value is -2.02. The van der Waals surface area contributed by atoms with Gasteiger partial charge in [-0.05, 0) is 30.3 Å². The summed E-state index contributed by atoms with van der Waals surface area (Å²) in [6, 6.07) is 2.49. The number of nitrogens with one attached hydrogen (secondary N) is 2. The van der Waals surface area contributed by atoms with E-state index in [1.165, 1.54) is 13.2 Å². The topological polar surface area (TPSA) is 50.4 Å². The molecule has 4 nitrogen and oxygen atoms in total. The lowest BCUT2D eigenvalue weighted by molar-refractivity contribution is -0.136. The van der Waals surface area contributed by atoms with Crippen LogP contribution < -0.4 is 10.6 Å². The molecule has 0 saturated heterocycles. The number of allylic oxidation sites excluding steroid dienone is 1. The van der Waals surface area contributed by atoms with Crippen molar-refractivity contribution in [1.29, 1.82) is 0 Å². The summed E-state index contributed by atoms with van der Waals surface area (Å²) in [5.74, 6) is -2.29. The summed E-state index contributed by atoms with van der Waals surface area (Å²) in [5, 5.41) is 5.82. The van der Waals surface area contributed by atoms with Crippen LogP contribution >= 0.6 is 12.2 Å². The van der Waals surface area contributed by atoms with Crippen LogP contribution in [-0.2, 0) is 9.53 Å². The smallest absolute Gasteiger partial charge is 0.337 e. The second-order valence-corrected chi connectivity index (χ2v) is 5.55. The van der Waals surface area contributed by atoms with Gasteiger partial charge in [-0.15, -0.1) is 0 Å². The van der Waals surface area contributed by atoms with E-state index in [0.717, 1.165) is 12.1 Å². The number of benzene rings is 1. The van der Waals surface area contributed by atoms with Gasteiger partial charge >= 0.3 is 5.97 Å². The molecule has 22 heavy (non-hydrogen) atoms. The molecule has 0 saturated carbocycles. The standard InChI is InChI=1S/C15H16F2N2O2S/c1-7(2)12-11(14(20)21-3)13(19-15(22)18-12)10-8(16)5-4-6-9(10)17/h4-7,13H,1-3H3,(H2,18,19,22)/t13-/m1/s1. The maximum atomic E-state index is 14.1. The molecule has 2 rings (SSSR count). The van der Waals surface area contributed by atoms with Gasteiger partial charge in [0.05, 0.1) is 24.3 Å². The summed E-state index contributed by atoms with van der Waals surface area (Å²) in [6.45, 7) is 3.68. The van der Waals surface area contributed by atoms with Crippen molar-refractivity contribution in [2.24, 2.45) is 5.92 Å². The summed E-state index contributed by atoms with van der Waals surface area (Å²) >= 11 is 5.09. The fourth-order valence-corrected chi connectivity index (χ4v) is 2.61. The zero-order valence-electron chi connectivity index (χ0n) is 12.4. The average Bonchev–Trinajstić information content (AvgIpc) is 2.45. The Morgan fingerprint density at radius 1 is 1.32 bits per heavy atom. The van der Waals surface area contributed by atoms with E-state index in [2.05, 4.69) is 10.6 Å². The summed E-state index contributed by atoms with van der Waals surface area (Å²) in [6.07, 6.45) is 0. The fourth-order valence-electron chi connectivity index (χ4n) is 2.38. The van der Waals surface area contributed by atoms with Gasteiger partial charge in [-0.25, -0.2) is 13.6 Å². The summed E-state index contributed by atoms with van der Waals surface area (Å²) < 4.78 is 33.0. The Balaban J connectivity index is 2.68. The van der Waals surface area contributed by atoms with Crippen LogP contribution in [0.5, 0.6) is 0 Å². The highest BCUT2D eigenvalue weighted by Gasteiger charge is 2.36. The minimum Gasteiger partial charge on any atom is -0.466 e. The molecule has 7 heteroatoms. The van der Waals surface area contributed by atoms with Crippen LogP contribution in [0.3, 0.4) is 0 Å². The third kappa shape index (κ3) is 2.94. The number of carbonyl (C=O) groups is 1. The lowest BCUT2D eigenvalue weighted by atomic mass is 9.91. The highest BCUT2D eigenvalue weighted by Crippen LogP contribution is 2.33. The van der Waals surface area contributed by atoms with E-state index in [4.69, 9.17) is 17.0 Å². The maximum Gasteiger partial charge on any atom is 0.337 e. The van der Waals surface area contributed by atoms with Crippen LogP contribution in [0.2, 0.25) is 0 Å². The third-order valence-electron chi connectivity index (χ3n) is 3.37. The molecule has 0 amide bonds. The molecule has 1 aromatic rings. The minimum absolute atomic E-state index is 0.105. The van der Waals surface area contributed by atoms with Gasteiger partial charge in [0, 0.05) is 5.70 Å². The van der Waals surface area contributed by atoms with Gasteiger partial charge in [-0.2, -0.15) is 0 Å². The molecule has 1 atom stereocenters. The molecule has 0 aliphatic carbocycles. The first kappa shape index (κ1) is 16.4. The minimum atomic E-state index is -1.04. The lowest BCUT2D eigenvalue weighted by Crippen LogP contribution is -2.47. The second kappa shape index (κ2) is 6.39. The van der Waals surface area contributed by atoms with Crippen LogP contribution in [0.15, 0.2) is 29.5 Å². The monoisotopic (exact) mass is 326 g/mol. The first-order chi connectivity index (χ1) is 10.4. The molecule has 1 aliphatic rings. The van der Waals surface area contributed by atoms with Crippen molar-refractivity contribution in [2.45, 2.75) is 19.9 Å². The van der Waals surface area contributed by atoms with Crippen LogP contribution in [0.25, 0.3) is 0 Å². The predicted molar refractivity (Wildman–Crippen MR) is 81.8 cm³/mol. The Labute approximate surface area is 132 Å². The molecule has 0 unspecified atom stereocenters. The molecular formula is C15H16F2N2O2S. The Bertz CT molecular complexity index is 639. The molecule has 118 valence electrons. The van der Waals surface area contributed by atoms with Crippen LogP contribution in [0.1, 0.15) is 25.5 Å². The number of carbonyl (C=O) groups excluding carboxylic acids is 1. The van der Waals surface area contributed by atoms with Crippen molar-refractivity contribution in [3.05, 3.63) is 46.7 Å². The quantitative estimate of drug-likeness (QED) is 0.660. The third-order valence-corrected chi connectivity index (χ3v) is 3.59. The maximum absolute atomic E-state index is 14.1. The van der Waals surface area contributed by atoms with Gasteiger partial charge in [0.25, 0.3) is 0 Å². The van der Waals surface area contributed by atoms with Crippen LogP contribution in [-0.4, -0.2) is 18.2 Å². The normalized spacial score (nSPS) is 18.1. The molecule has 0 aromatic heterocycles. The van der Waals surface area contributed by atoms with Gasteiger partial charge in [0.15, 0.2) is 5.11 Å². The molecule has 1 aliphatic heterocycles. The molecular weight excluding hydrogens is 310 g/mol. The molecule has 1 aromatic carbocycles. The summed E-state index contributed by atoms with van der Waals surface area (Å²) in [5.41, 5.74) is 0.350. The number of ether oxygens (including phenoxy) is 1. The number of hydrogen-bond acceptors (Lipinski definition) is 3. The fraction of sp³-hybridized carbons (Fsp3) is 0.333. The van der Waals surface area contributed by atoms with Gasteiger partial charge in [0.2, 0.25) is 0 Å². The molecule has 2 N–H and O–H groups in total. The molecule has 0 radical (unpaired) electrons. The van der Waals surface area contributed by atoms with Crippen molar-refractivity contribution in [3.63, 3.8) is 0 Å². The Morgan fingerprint density at radius 2 is 1.91 bits per heavy atom. The molecule has 0 spiro atoms. The van der Waals surface area contributed by atoms with E-state index in [-0.39, 0.29) is 22.2 Å². The Kier molecular flexibility index (Phi) is 4.75. The van der Waals surface area contributed by atoms with E-state index >= 15 is 0 Å². The summed E-state index contributed by atoms with van der Waals surface area (Å²) in [7, 11) is 1.22. The van der Waals surface area contributed by atoms with E-state index in [9.17, 15) is 13.6 Å². The predicted octanol–water partition coefficient (Wildman–Crippen LogP) is 2.57. The van der Waals surface area contributed by atoms with E-state index < -0.39 is 23.6 Å². The highest BCUT2D eigenvalue weighted by atomic mass is 32.1. The highest BCUT2D eigenvalue weighted by molar-refractivity contribution is 7.80. The number of methoxy groups -OCH3 is 1. The van der Waals surface area contributed by atoms with Gasteiger partial charge in [0.1, 0.15) is 11.6 Å². The van der Waals surface area contributed by atoms with Gasteiger partial charge in [-0.1, -0.05) is 19.9 Å². The number of hydrogen-bond donors (Lipinski definition) is 2. The SMILES string of the molecule is COC(=O)C1=C(C(C)C)NC(=S)N[C@@H]1c1c(F)cccc1F. The average molecular weight is 326 g/mol. The van der Waals surface area contributed by atoms with E-state index in [0.29, 0.717) is 5.70 Å². The van der Waals surface area contributed by atoms with Crippen molar-refractivity contribution >= 4 is 23.3 Å². The van der Waals surface area contributed by atoms with Crippen LogP contribution in [0.4, 0.5) is 8.78 Å². The lowest BCUT2D eigenvalue weighted by Gasteiger charge is -2.32. The second-order valence-electron chi connectivity index (χ2n) is 5.14. The summed E-state index contributed by atoms with van der Waals surface area (Å²) in [4.78, 5) is 12.1. The molecule has 0 fully saturated rings. The van der Waals surface area contributed by atoms with Crippen LogP contribution in [0, 0.1) is 17.6 Å². The van der Waals surface area contributed by atoms with Crippen molar-refractivity contribution < 1.29 is 18.3 Å². The van der Waals surface area contributed by atoms with Crippen molar-refractivity contribution in [3.8, 4) is 0 Å². The van der Waals surface area contributed by atoms with Gasteiger partial charge in [-0.3, -0.25) is 0 Å². The molecule has 0 bridgehead atoms. The van der Waals surface area contributed by atoms with Crippen molar-refractivity contribution in [1.82, 2.24) is 10.6 Å². The first-order valence-electron chi connectivity index (χ1n) is 6.70. The zero-order valence-corrected chi connectivity index (χ0v) is 13.2. The van der Waals surface area contributed by atoms with Gasteiger partial charge < -0.3 is 15.4 Å². The number of halogens is 2. The zero-order chi connectivity index (χ0) is 16.4. The largest absolute Gasteiger partial charge is 0.466 e. The number of rotatable bonds is 3.